The van der Waals surface area contributed by atoms with Crippen LogP contribution >= 0.6 is 11.6 Å². The lowest BCUT2D eigenvalue weighted by Crippen LogP contribution is -2.23. The zero-order chi connectivity index (χ0) is 22.2. The van der Waals surface area contributed by atoms with Gasteiger partial charge in [-0.3, -0.25) is 9.48 Å². The number of nitrogens with zero attached hydrogens (tertiary/aromatic N) is 5. The van der Waals surface area contributed by atoms with E-state index in [1.54, 1.807) is 12.4 Å². The maximum Gasteiger partial charge on any atom is 0.255 e. The molecule has 5 aromatic rings. The molecule has 4 aromatic heterocycles. The summed E-state index contributed by atoms with van der Waals surface area (Å²) in [6.45, 7) is 4.85. The van der Waals surface area contributed by atoms with Gasteiger partial charge in [0.25, 0.3) is 5.91 Å². The van der Waals surface area contributed by atoms with Gasteiger partial charge in [0.05, 0.1) is 23.8 Å². The average Bonchev–Trinajstić information content (AvgIpc) is 3.49. The Morgan fingerprint density at radius 3 is 2.97 bits per heavy atom. The van der Waals surface area contributed by atoms with Crippen LogP contribution in [-0.4, -0.2) is 42.3 Å². The van der Waals surface area contributed by atoms with Crippen molar-refractivity contribution in [1.29, 1.82) is 0 Å². The van der Waals surface area contributed by atoms with Gasteiger partial charge < -0.3 is 14.8 Å². The number of halogens is 1. The molecule has 0 aliphatic heterocycles. The first-order valence-electron chi connectivity index (χ1n) is 10.2. The fourth-order valence-corrected chi connectivity index (χ4v) is 3.78. The Morgan fingerprint density at radius 1 is 1.31 bits per heavy atom. The average molecular weight is 450 g/mol. The number of aromatic nitrogens is 6. The van der Waals surface area contributed by atoms with Crippen molar-refractivity contribution in [2.24, 2.45) is 0 Å². The number of amides is 1. The van der Waals surface area contributed by atoms with Crippen molar-refractivity contribution in [3.63, 3.8) is 0 Å². The zero-order valence-electron chi connectivity index (χ0n) is 17.5. The molecular weight excluding hydrogens is 430 g/mol. The molecule has 9 nitrogen and oxygen atoms in total. The van der Waals surface area contributed by atoms with E-state index in [0.717, 1.165) is 28.8 Å². The van der Waals surface area contributed by atoms with E-state index >= 15 is 0 Å². The van der Waals surface area contributed by atoms with Crippen LogP contribution in [0.3, 0.4) is 0 Å². The molecule has 5 rings (SSSR count). The maximum absolute atomic E-state index is 12.5. The van der Waals surface area contributed by atoms with Crippen molar-refractivity contribution in [2.45, 2.75) is 26.8 Å². The van der Waals surface area contributed by atoms with E-state index in [2.05, 4.69) is 20.4 Å². The van der Waals surface area contributed by atoms with Crippen molar-refractivity contribution < 1.29 is 9.32 Å². The lowest BCUT2D eigenvalue weighted by Gasteiger charge is -2.02. The van der Waals surface area contributed by atoms with Crippen LogP contribution in [0.4, 0.5) is 0 Å². The Hall–Kier alpha value is -3.72. The van der Waals surface area contributed by atoms with E-state index < -0.39 is 0 Å². The molecule has 0 spiro atoms. The molecule has 0 radical (unpaired) electrons. The second-order valence-electron chi connectivity index (χ2n) is 7.51. The van der Waals surface area contributed by atoms with Crippen molar-refractivity contribution in [1.82, 2.24) is 35.2 Å². The molecule has 0 unspecified atom stereocenters. The van der Waals surface area contributed by atoms with E-state index in [4.69, 9.17) is 26.2 Å². The minimum Gasteiger partial charge on any atom is -0.361 e. The number of H-pyrrole nitrogens is 1. The quantitative estimate of drug-likeness (QED) is 0.403. The monoisotopic (exact) mass is 449 g/mol. The van der Waals surface area contributed by atoms with Gasteiger partial charge in [0.2, 0.25) is 0 Å². The van der Waals surface area contributed by atoms with E-state index in [-0.39, 0.29) is 5.91 Å². The van der Waals surface area contributed by atoms with Crippen LogP contribution in [0.5, 0.6) is 0 Å². The lowest BCUT2D eigenvalue weighted by atomic mass is 10.1. The first-order chi connectivity index (χ1) is 15.5. The number of aromatic amines is 1. The summed E-state index contributed by atoms with van der Waals surface area (Å²) in [6, 6.07) is 7.44. The summed E-state index contributed by atoms with van der Waals surface area (Å²) in [4.78, 5) is 24.7. The highest BCUT2D eigenvalue weighted by Crippen LogP contribution is 2.30. The van der Waals surface area contributed by atoms with Gasteiger partial charge in [0.1, 0.15) is 28.4 Å². The van der Waals surface area contributed by atoms with Crippen LogP contribution in [0.15, 0.2) is 41.2 Å². The largest absolute Gasteiger partial charge is 0.361 e. The second kappa shape index (κ2) is 8.08. The molecule has 0 aliphatic rings. The van der Waals surface area contributed by atoms with E-state index in [1.165, 1.54) is 0 Å². The molecule has 1 aromatic carbocycles. The summed E-state index contributed by atoms with van der Waals surface area (Å²) in [7, 11) is 0. The summed E-state index contributed by atoms with van der Waals surface area (Å²) < 4.78 is 7.00. The molecule has 162 valence electrons. The molecule has 4 heterocycles. The highest BCUT2D eigenvalue weighted by Gasteiger charge is 2.19. The number of benzene rings is 1. The predicted molar refractivity (Wildman–Crippen MR) is 121 cm³/mol. The second-order valence-corrected chi connectivity index (χ2v) is 7.94. The highest BCUT2D eigenvalue weighted by molar-refractivity contribution is 6.31. The SMILES string of the molecule is CCCNC(=O)c1c[nH]c2ncc(-c3nn(Cc4cc(C)on4)c4cc(Cl)ccc34)nc12. The van der Waals surface area contributed by atoms with Gasteiger partial charge in [-0.15, -0.1) is 0 Å². The molecular formula is C22H20ClN7O2. The Morgan fingerprint density at radius 2 is 2.19 bits per heavy atom. The van der Waals surface area contributed by atoms with Crippen molar-refractivity contribution in [3.8, 4) is 11.4 Å². The van der Waals surface area contributed by atoms with E-state index in [0.29, 0.717) is 46.2 Å². The third-order valence-corrected chi connectivity index (χ3v) is 5.34. The van der Waals surface area contributed by atoms with Crippen molar-refractivity contribution in [2.75, 3.05) is 6.54 Å². The number of fused-ring (bicyclic) bond motifs is 2. The molecule has 0 atom stereocenters. The number of aryl methyl sites for hydroxylation is 1. The molecule has 0 bridgehead atoms. The molecule has 0 saturated heterocycles. The van der Waals surface area contributed by atoms with Gasteiger partial charge in [0.15, 0.2) is 5.65 Å². The first kappa shape index (κ1) is 20.2. The zero-order valence-corrected chi connectivity index (χ0v) is 18.3. The lowest BCUT2D eigenvalue weighted by molar-refractivity contribution is 0.0955. The Kier molecular flexibility index (Phi) is 5.10. The van der Waals surface area contributed by atoms with E-state index in [9.17, 15) is 4.79 Å². The van der Waals surface area contributed by atoms with Crippen LogP contribution in [0.1, 0.15) is 35.2 Å². The number of nitrogens with one attached hydrogen (secondary N) is 2. The summed E-state index contributed by atoms with van der Waals surface area (Å²) in [5.41, 5.74) is 4.29. The van der Waals surface area contributed by atoms with E-state index in [1.807, 2.05) is 42.8 Å². The summed E-state index contributed by atoms with van der Waals surface area (Å²) in [6.07, 6.45) is 4.12. The van der Waals surface area contributed by atoms with Crippen LogP contribution in [0.25, 0.3) is 33.5 Å². The van der Waals surface area contributed by atoms with Gasteiger partial charge >= 0.3 is 0 Å². The fourth-order valence-electron chi connectivity index (χ4n) is 3.62. The predicted octanol–water partition coefficient (Wildman–Crippen LogP) is 4.11. The normalized spacial score (nSPS) is 11.5. The van der Waals surface area contributed by atoms with Gasteiger partial charge in [-0.2, -0.15) is 5.10 Å². The van der Waals surface area contributed by atoms with Crippen molar-refractivity contribution in [3.05, 3.63) is 58.7 Å². The molecule has 1 amide bonds. The Balaban J connectivity index is 1.61. The van der Waals surface area contributed by atoms with Crippen molar-refractivity contribution >= 4 is 39.6 Å². The van der Waals surface area contributed by atoms with Crippen LogP contribution in [0.2, 0.25) is 5.02 Å². The molecule has 2 N–H and O–H groups in total. The molecule has 0 saturated carbocycles. The summed E-state index contributed by atoms with van der Waals surface area (Å²) in [5, 5.41) is 13.2. The topological polar surface area (TPSA) is 115 Å². The van der Waals surface area contributed by atoms with Crippen LogP contribution in [-0.2, 0) is 6.54 Å². The third kappa shape index (κ3) is 3.60. The minimum atomic E-state index is -0.187. The van der Waals surface area contributed by atoms with Gasteiger partial charge in [0, 0.05) is 29.2 Å². The third-order valence-electron chi connectivity index (χ3n) is 5.11. The first-order valence-corrected chi connectivity index (χ1v) is 10.6. The number of carbonyl (C=O) groups excluding carboxylic acids is 1. The molecule has 32 heavy (non-hydrogen) atoms. The molecule has 0 aliphatic carbocycles. The Labute approximate surface area is 187 Å². The summed E-state index contributed by atoms with van der Waals surface area (Å²) >= 11 is 6.26. The molecule has 10 heteroatoms. The number of hydrogen-bond acceptors (Lipinski definition) is 6. The van der Waals surface area contributed by atoms with Gasteiger partial charge in [-0.1, -0.05) is 23.7 Å². The Bertz CT molecular complexity index is 1450. The maximum atomic E-state index is 12.5. The van der Waals surface area contributed by atoms with Gasteiger partial charge in [-0.05, 0) is 31.5 Å². The highest BCUT2D eigenvalue weighted by atomic mass is 35.5. The fraction of sp³-hybridized carbons (Fsp3) is 0.227. The smallest absolute Gasteiger partial charge is 0.255 e. The number of hydrogen-bond donors (Lipinski definition) is 2. The van der Waals surface area contributed by atoms with Gasteiger partial charge in [-0.25, -0.2) is 9.97 Å². The standard InChI is InChI=1S/C22H20ClN7O2/c1-3-6-24-22(31)16-9-25-21-20(16)27-17(10-26-21)19-15-5-4-13(23)8-18(15)30(28-19)11-14-7-12(2)32-29-14/h4-5,7-10H,3,6,11H2,1-2H3,(H,24,31)(H,25,26). The molecule has 0 fully saturated rings. The van der Waals surface area contributed by atoms with Crippen LogP contribution in [0, 0.1) is 6.92 Å². The van der Waals surface area contributed by atoms with Crippen LogP contribution < -0.4 is 5.32 Å². The number of carbonyl (C=O) groups is 1. The number of rotatable bonds is 6. The summed E-state index contributed by atoms with van der Waals surface area (Å²) in [5.74, 6) is 0.542. The minimum absolute atomic E-state index is 0.187.